The summed E-state index contributed by atoms with van der Waals surface area (Å²) in [5.41, 5.74) is 1.98. The minimum atomic E-state index is -0.244. The van der Waals surface area contributed by atoms with Gasteiger partial charge in [0.25, 0.3) is 0 Å². The standard InChI is InChI=1S/C17H25N3O/c1-5-9-12(3)18-17(21)13(4)20-15-11-8-7-10-14(15)19-16(20)6-2/h7-8,10-13H,5-6,9H2,1-4H3,(H,18,21). The van der Waals surface area contributed by atoms with E-state index in [1.807, 2.05) is 31.2 Å². The summed E-state index contributed by atoms with van der Waals surface area (Å²) in [5, 5.41) is 3.10. The minimum absolute atomic E-state index is 0.0637. The van der Waals surface area contributed by atoms with Crippen molar-refractivity contribution in [3.8, 4) is 0 Å². The Morgan fingerprint density at radius 2 is 2.00 bits per heavy atom. The van der Waals surface area contributed by atoms with Gasteiger partial charge in [-0.25, -0.2) is 4.98 Å². The quantitative estimate of drug-likeness (QED) is 0.884. The largest absolute Gasteiger partial charge is 0.352 e. The monoisotopic (exact) mass is 287 g/mol. The highest BCUT2D eigenvalue weighted by Crippen LogP contribution is 2.21. The van der Waals surface area contributed by atoms with Crippen LogP contribution in [0.1, 0.15) is 52.4 Å². The number of carbonyl (C=O) groups excluding carboxylic acids is 1. The molecule has 1 N–H and O–H groups in total. The zero-order valence-corrected chi connectivity index (χ0v) is 13.4. The molecule has 2 aromatic rings. The molecular formula is C17H25N3O. The number of carbonyl (C=O) groups is 1. The molecule has 0 spiro atoms. The maximum atomic E-state index is 12.5. The smallest absolute Gasteiger partial charge is 0.243 e. The molecule has 0 saturated heterocycles. The van der Waals surface area contributed by atoms with Gasteiger partial charge >= 0.3 is 0 Å². The lowest BCUT2D eigenvalue weighted by Gasteiger charge is -2.20. The third-order valence-corrected chi connectivity index (χ3v) is 3.86. The van der Waals surface area contributed by atoms with Gasteiger partial charge in [-0.05, 0) is 32.4 Å². The second-order valence-electron chi connectivity index (χ2n) is 5.61. The number of nitrogens with one attached hydrogen (secondary N) is 1. The molecule has 0 aliphatic heterocycles. The maximum Gasteiger partial charge on any atom is 0.243 e. The van der Waals surface area contributed by atoms with Crippen LogP contribution in [0.4, 0.5) is 0 Å². The van der Waals surface area contributed by atoms with Crippen LogP contribution in [-0.4, -0.2) is 21.5 Å². The summed E-state index contributed by atoms with van der Waals surface area (Å²) < 4.78 is 2.06. The molecule has 2 atom stereocenters. The number of nitrogens with zero attached hydrogens (tertiary/aromatic N) is 2. The Labute approximate surface area is 126 Å². The first-order valence-corrected chi connectivity index (χ1v) is 7.84. The van der Waals surface area contributed by atoms with Gasteiger partial charge in [-0.1, -0.05) is 32.4 Å². The molecule has 4 heteroatoms. The van der Waals surface area contributed by atoms with Gasteiger partial charge in [-0.2, -0.15) is 0 Å². The minimum Gasteiger partial charge on any atom is -0.352 e. The number of aryl methyl sites for hydroxylation is 1. The van der Waals surface area contributed by atoms with Crippen molar-refractivity contribution in [1.82, 2.24) is 14.9 Å². The van der Waals surface area contributed by atoms with Crippen LogP contribution in [0, 0.1) is 0 Å². The van der Waals surface area contributed by atoms with Crippen LogP contribution < -0.4 is 5.32 Å². The lowest BCUT2D eigenvalue weighted by molar-refractivity contribution is -0.124. The molecule has 0 radical (unpaired) electrons. The van der Waals surface area contributed by atoms with Crippen molar-refractivity contribution in [2.45, 2.75) is 59.0 Å². The van der Waals surface area contributed by atoms with Crippen LogP contribution in [0.3, 0.4) is 0 Å². The molecule has 0 fully saturated rings. The normalized spacial score (nSPS) is 14.1. The highest BCUT2D eigenvalue weighted by Gasteiger charge is 2.21. The summed E-state index contributed by atoms with van der Waals surface area (Å²) in [7, 11) is 0. The van der Waals surface area contributed by atoms with Crippen LogP contribution in [0.2, 0.25) is 0 Å². The van der Waals surface area contributed by atoms with Crippen LogP contribution in [0.5, 0.6) is 0 Å². The summed E-state index contributed by atoms with van der Waals surface area (Å²) in [6, 6.07) is 7.96. The van der Waals surface area contributed by atoms with Gasteiger partial charge in [-0.3, -0.25) is 4.79 Å². The van der Waals surface area contributed by atoms with Gasteiger partial charge in [0.1, 0.15) is 11.9 Å². The lowest BCUT2D eigenvalue weighted by Crippen LogP contribution is -2.37. The van der Waals surface area contributed by atoms with Gasteiger partial charge in [-0.15, -0.1) is 0 Å². The van der Waals surface area contributed by atoms with Crippen LogP contribution in [-0.2, 0) is 11.2 Å². The maximum absolute atomic E-state index is 12.5. The first kappa shape index (κ1) is 15.5. The Bertz CT molecular complexity index is 618. The SMILES string of the molecule is CCCC(C)NC(=O)C(C)n1c(CC)nc2ccccc21. The highest BCUT2D eigenvalue weighted by molar-refractivity contribution is 5.84. The van der Waals surface area contributed by atoms with E-state index in [2.05, 4.69) is 35.6 Å². The van der Waals surface area contributed by atoms with Crippen molar-refractivity contribution in [2.75, 3.05) is 0 Å². The highest BCUT2D eigenvalue weighted by atomic mass is 16.2. The van der Waals surface area contributed by atoms with Gasteiger partial charge in [0.15, 0.2) is 0 Å². The Hall–Kier alpha value is -1.84. The fourth-order valence-electron chi connectivity index (χ4n) is 2.76. The fraction of sp³-hybridized carbons (Fsp3) is 0.529. The number of rotatable bonds is 6. The molecule has 1 amide bonds. The molecule has 0 bridgehead atoms. The zero-order valence-electron chi connectivity index (χ0n) is 13.4. The van der Waals surface area contributed by atoms with E-state index >= 15 is 0 Å². The molecule has 0 saturated carbocycles. The average molecular weight is 287 g/mol. The van der Waals surface area contributed by atoms with E-state index in [-0.39, 0.29) is 18.0 Å². The third-order valence-electron chi connectivity index (χ3n) is 3.86. The first-order valence-electron chi connectivity index (χ1n) is 7.84. The summed E-state index contributed by atoms with van der Waals surface area (Å²) in [6.07, 6.45) is 2.89. The van der Waals surface area contributed by atoms with E-state index in [1.165, 1.54) is 0 Å². The van der Waals surface area contributed by atoms with E-state index in [0.717, 1.165) is 36.1 Å². The van der Waals surface area contributed by atoms with E-state index < -0.39 is 0 Å². The number of hydrogen-bond acceptors (Lipinski definition) is 2. The Kier molecular flexibility index (Phi) is 4.99. The second kappa shape index (κ2) is 6.74. The Morgan fingerprint density at radius 1 is 1.29 bits per heavy atom. The van der Waals surface area contributed by atoms with Crippen molar-refractivity contribution in [2.24, 2.45) is 0 Å². The number of hydrogen-bond donors (Lipinski definition) is 1. The third kappa shape index (κ3) is 3.26. The average Bonchev–Trinajstić information content (AvgIpc) is 2.84. The van der Waals surface area contributed by atoms with Gasteiger partial charge < -0.3 is 9.88 Å². The lowest BCUT2D eigenvalue weighted by atomic mass is 10.2. The fourth-order valence-corrected chi connectivity index (χ4v) is 2.76. The van der Waals surface area contributed by atoms with Crippen LogP contribution in [0.25, 0.3) is 11.0 Å². The number of benzene rings is 1. The van der Waals surface area contributed by atoms with Crippen molar-refractivity contribution < 1.29 is 4.79 Å². The number of para-hydroxylation sites is 2. The predicted molar refractivity (Wildman–Crippen MR) is 86.3 cm³/mol. The molecule has 114 valence electrons. The van der Waals surface area contributed by atoms with E-state index in [9.17, 15) is 4.79 Å². The molecule has 0 aliphatic rings. The number of aromatic nitrogens is 2. The molecule has 1 aromatic carbocycles. The molecule has 2 unspecified atom stereocenters. The summed E-state index contributed by atoms with van der Waals surface area (Å²) in [6.45, 7) is 8.20. The molecule has 4 nitrogen and oxygen atoms in total. The van der Waals surface area contributed by atoms with Crippen molar-refractivity contribution in [3.63, 3.8) is 0 Å². The molecule has 1 heterocycles. The van der Waals surface area contributed by atoms with E-state index in [0.29, 0.717) is 0 Å². The number of amides is 1. The molecule has 21 heavy (non-hydrogen) atoms. The predicted octanol–water partition coefficient (Wildman–Crippen LogP) is 3.46. The van der Waals surface area contributed by atoms with E-state index in [4.69, 9.17) is 0 Å². The van der Waals surface area contributed by atoms with Gasteiger partial charge in [0, 0.05) is 12.5 Å². The van der Waals surface area contributed by atoms with E-state index in [1.54, 1.807) is 0 Å². The summed E-state index contributed by atoms with van der Waals surface area (Å²) in [4.78, 5) is 17.1. The van der Waals surface area contributed by atoms with Crippen molar-refractivity contribution >= 4 is 16.9 Å². The topological polar surface area (TPSA) is 46.9 Å². The number of imidazole rings is 1. The first-order chi connectivity index (χ1) is 10.1. The van der Waals surface area contributed by atoms with Crippen LogP contribution >= 0.6 is 0 Å². The van der Waals surface area contributed by atoms with Crippen LogP contribution in [0.15, 0.2) is 24.3 Å². The van der Waals surface area contributed by atoms with Gasteiger partial charge in [0.05, 0.1) is 11.0 Å². The number of fused-ring (bicyclic) bond motifs is 1. The summed E-state index contributed by atoms with van der Waals surface area (Å²) in [5.74, 6) is 1.02. The van der Waals surface area contributed by atoms with Crippen molar-refractivity contribution in [1.29, 1.82) is 0 Å². The van der Waals surface area contributed by atoms with Gasteiger partial charge in [0.2, 0.25) is 5.91 Å². The Morgan fingerprint density at radius 3 is 2.67 bits per heavy atom. The molecule has 2 rings (SSSR count). The zero-order chi connectivity index (χ0) is 15.4. The van der Waals surface area contributed by atoms with Crippen molar-refractivity contribution in [3.05, 3.63) is 30.1 Å². The molecule has 1 aromatic heterocycles. The molecular weight excluding hydrogens is 262 g/mol. The summed E-state index contributed by atoms with van der Waals surface area (Å²) >= 11 is 0. The second-order valence-corrected chi connectivity index (χ2v) is 5.61. The molecule has 0 aliphatic carbocycles. The Balaban J connectivity index is 2.29.